The molecule has 2 heterocycles. The lowest BCUT2D eigenvalue weighted by Crippen LogP contribution is -2.36. The van der Waals surface area contributed by atoms with E-state index in [-0.39, 0.29) is 5.91 Å². The van der Waals surface area contributed by atoms with Gasteiger partial charge in [-0.05, 0) is 43.3 Å². The Hall–Kier alpha value is -2.61. The summed E-state index contributed by atoms with van der Waals surface area (Å²) >= 11 is 7.78. The number of aromatic nitrogens is 1. The SMILES string of the molecule is Cc1nc(COc2cccc(C(=O)Nc3cc(Cl)ccc3N3CCOCC3)c2)cs1. The molecule has 1 aliphatic heterocycles. The molecule has 6 nitrogen and oxygen atoms in total. The Labute approximate surface area is 184 Å². The predicted octanol–water partition coefficient (Wildman–Crippen LogP) is 4.77. The summed E-state index contributed by atoms with van der Waals surface area (Å²) in [5.41, 5.74) is 3.00. The fourth-order valence-corrected chi connectivity index (χ4v) is 4.01. The molecule has 0 radical (unpaired) electrons. The van der Waals surface area contributed by atoms with E-state index in [0.29, 0.717) is 41.8 Å². The molecule has 0 aliphatic carbocycles. The van der Waals surface area contributed by atoms with Gasteiger partial charge in [0, 0.05) is 29.1 Å². The molecule has 2 aromatic carbocycles. The van der Waals surface area contributed by atoms with Gasteiger partial charge in [-0.15, -0.1) is 11.3 Å². The lowest BCUT2D eigenvalue weighted by Gasteiger charge is -2.30. The van der Waals surface area contributed by atoms with Gasteiger partial charge in [0.05, 0.1) is 35.3 Å². The Kier molecular flexibility index (Phi) is 6.52. The zero-order valence-corrected chi connectivity index (χ0v) is 18.1. The van der Waals surface area contributed by atoms with E-state index in [2.05, 4.69) is 15.2 Å². The molecule has 3 aromatic rings. The van der Waals surface area contributed by atoms with Gasteiger partial charge in [0.15, 0.2) is 0 Å². The lowest BCUT2D eigenvalue weighted by atomic mass is 10.1. The van der Waals surface area contributed by atoms with Crippen molar-refractivity contribution in [2.24, 2.45) is 0 Å². The summed E-state index contributed by atoms with van der Waals surface area (Å²) < 4.78 is 11.2. The number of thiazole rings is 1. The molecule has 1 fully saturated rings. The molecule has 0 bridgehead atoms. The Morgan fingerprint density at radius 2 is 2.10 bits per heavy atom. The first-order valence-electron chi connectivity index (χ1n) is 9.66. The summed E-state index contributed by atoms with van der Waals surface area (Å²) in [6, 6.07) is 12.7. The first kappa shape index (κ1) is 20.7. The summed E-state index contributed by atoms with van der Waals surface area (Å²) in [4.78, 5) is 19.5. The highest BCUT2D eigenvalue weighted by molar-refractivity contribution is 7.09. The van der Waals surface area contributed by atoms with Gasteiger partial charge in [0.25, 0.3) is 5.91 Å². The fraction of sp³-hybridized carbons (Fsp3) is 0.273. The minimum atomic E-state index is -0.221. The normalized spacial score (nSPS) is 13.9. The van der Waals surface area contributed by atoms with Crippen molar-refractivity contribution in [3.63, 3.8) is 0 Å². The Morgan fingerprint density at radius 3 is 2.87 bits per heavy atom. The van der Waals surface area contributed by atoms with Crippen molar-refractivity contribution in [1.29, 1.82) is 0 Å². The second-order valence-electron chi connectivity index (χ2n) is 6.89. The zero-order valence-electron chi connectivity index (χ0n) is 16.6. The van der Waals surface area contributed by atoms with E-state index in [4.69, 9.17) is 21.1 Å². The number of hydrogen-bond donors (Lipinski definition) is 1. The molecule has 4 rings (SSSR count). The number of carbonyl (C=O) groups excluding carboxylic acids is 1. The summed E-state index contributed by atoms with van der Waals surface area (Å²) in [7, 11) is 0. The topological polar surface area (TPSA) is 63.7 Å². The first-order chi connectivity index (χ1) is 14.6. The van der Waals surface area contributed by atoms with Crippen molar-refractivity contribution in [3.05, 3.63) is 69.1 Å². The molecule has 0 spiro atoms. The molecule has 1 N–H and O–H groups in total. The molecule has 8 heteroatoms. The summed E-state index contributed by atoms with van der Waals surface area (Å²) in [5.74, 6) is 0.398. The predicted molar refractivity (Wildman–Crippen MR) is 120 cm³/mol. The third-order valence-electron chi connectivity index (χ3n) is 4.71. The van der Waals surface area contributed by atoms with Crippen LogP contribution in [0.25, 0.3) is 0 Å². The Morgan fingerprint density at radius 1 is 1.27 bits per heavy atom. The number of morpholine rings is 1. The van der Waals surface area contributed by atoms with Gasteiger partial charge in [-0.1, -0.05) is 17.7 Å². The van der Waals surface area contributed by atoms with E-state index >= 15 is 0 Å². The molecule has 1 aromatic heterocycles. The van der Waals surface area contributed by atoms with Crippen molar-refractivity contribution < 1.29 is 14.3 Å². The number of nitrogens with one attached hydrogen (secondary N) is 1. The average Bonchev–Trinajstić information content (AvgIpc) is 3.18. The molecule has 30 heavy (non-hydrogen) atoms. The van der Waals surface area contributed by atoms with Crippen molar-refractivity contribution in [2.75, 3.05) is 36.5 Å². The van der Waals surface area contributed by atoms with Crippen LogP contribution in [0.1, 0.15) is 21.1 Å². The fourth-order valence-electron chi connectivity index (χ4n) is 3.24. The number of carbonyl (C=O) groups is 1. The van der Waals surface area contributed by atoms with Crippen LogP contribution in [0.2, 0.25) is 5.02 Å². The number of halogens is 1. The van der Waals surface area contributed by atoms with Crippen LogP contribution in [0.5, 0.6) is 5.75 Å². The summed E-state index contributed by atoms with van der Waals surface area (Å²) in [6.07, 6.45) is 0. The highest BCUT2D eigenvalue weighted by Crippen LogP contribution is 2.30. The van der Waals surface area contributed by atoms with E-state index in [0.717, 1.165) is 29.5 Å². The summed E-state index contributed by atoms with van der Waals surface area (Å²) in [5, 5.41) is 6.53. The lowest BCUT2D eigenvalue weighted by molar-refractivity contribution is 0.102. The van der Waals surface area contributed by atoms with Crippen LogP contribution in [0, 0.1) is 6.92 Å². The van der Waals surface area contributed by atoms with Crippen LogP contribution in [0.15, 0.2) is 47.8 Å². The Balaban J connectivity index is 1.48. The van der Waals surface area contributed by atoms with Crippen LogP contribution in [-0.2, 0) is 11.3 Å². The number of amides is 1. The number of benzene rings is 2. The molecule has 1 aliphatic rings. The van der Waals surface area contributed by atoms with E-state index in [9.17, 15) is 4.79 Å². The number of ether oxygens (including phenoxy) is 2. The van der Waals surface area contributed by atoms with Crippen molar-refractivity contribution >= 4 is 40.2 Å². The third-order valence-corrected chi connectivity index (χ3v) is 5.77. The third kappa shape index (κ3) is 5.11. The molecular formula is C22H22ClN3O3S. The molecule has 1 saturated heterocycles. The minimum Gasteiger partial charge on any atom is -0.487 e. The van der Waals surface area contributed by atoms with Crippen molar-refractivity contribution in [3.8, 4) is 5.75 Å². The number of aryl methyl sites for hydroxylation is 1. The van der Waals surface area contributed by atoms with Gasteiger partial charge in [0.1, 0.15) is 12.4 Å². The van der Waals surface area contributed by atoms with E-state index < -0.39 is 0 Å². The van der Waals surface area contributed by atoms with Crippen LogP contribution < -0.4 is 15.0 Å². The van der Waals surface area contributed by atoms with Gasteiger partial charge in [-0.25, -0.2) is 4.98 Å². The quantitative estimate of drug-likeness (QED) is 0.594. The molecule has 1 amide bonds. The largest absolute Gasteiger partial charge is 0.487 e. The molecule has 156 valence electrons. The minimum absolute atomic E-state index is 0.221. The highest BCUT2D eigenvalue weighted by atomic mass is 35.5. The monoisotopic (exact) mass is 443 g/mol. The maximum absolute atomic E-state index is 12.9. The standard InChI is InChI=1S/C22H22ClN3O3S/c1-15-24-18(14-30-15)13-29-19-4-2-3-16(11-19)22(27)25-20-12-17(23)5-6-21(20)26-7-9-28-10-8-26/h2-6,11-12,14H,7-10,13H2,1H3,(H,25,27). The zero-order chi connectivity index (χ0) is 20.9. The number of hydrogen-bond acceptors (Lipinski definition) is 6. The second kappa shape index (κ2) is 9.47. The maximum Gasteiger partial charge on any atom is 0.255 e. The van der Waals surface area contributed by atoms with Crippen LogP contribution >= 0.6 is 22.9 Å². The first-order valence-corrected chi connectivity index (χ1v) is 10.9. The highest BCUT2D eigenvalue weighted by Gasteiger charge is 2.17. The van der Waals surface area contributed by atoms with Gasteiger partial charge in [0.2, 0.25) is 0 Å². The van der Waals surface area contributed by atoms with Crippen molar-refractivity contribution in [1.82, 2.24) is 4.98 Å². The van der Waals surface area contributed by atoms with Gasteiger partial charge in [-0.2, -0.15) is 0 Å². The average molecular weight is 444 g/mol. The van der Waals surface area contributed by atoms with Crippen LogP contribution in [-0.4, -0.2) is 37.2 Å². The van der Waals surface area contributed by atoms with E-state index in [1.807, 2.05) is 30.5 Å². The van der Waals surface area contributed by atoms with E-state index in [1.54, 1.807) is 35.6 Å². The molecule has 0 saturated carbocycles. The Bertz CT molecular complexity index is 1030. The smallest absolute Gasteiger partial charge is 0.255 e. The van der Waals surface area contributed by atoms with Crippen LogP contribution in [0.3, 0.4) is 0 Å². The van der Waals surface area contributed by atoms with E-state index in [1.165, 1.54) is 0 Å². The van der Waals surface area contributed by atoms with Gasteiger partial charge >= 0.3 is 0 Å². The number of anilines is 2. The number of rotatable bonds is 6. The molecule has 0 atom stereocenters. The molecular weight excluding hydrogens is 422 g/mol. The maximum atomic E-state index is 12.9. The summed E-state index contributed by atoms with van der Waals surface area (Å²) in [6.45, 7) is 5.18. The van der Waals surface area contributed by atoms with Crippen LogP contribution in [0.4, 0.5) is 11.4 Å². The van der Waals surface area contributed by atoms with Gasteiger partial charge in [-0.3, -0.25) is 4.79 Å². The number of nitrogens with zero attached hydrogens (tertiary/aromatic N) is 2. The van der Waals surface area contributed by atoms with Gasteiger partial charge < -0.3 is 19.7 Å². The molecule has 0 unspecified atom stereocenters. The van der Waals surface area contributed by atoms with Crippen molar-refractivity contribution in [2.45, 2.75) is 13.5 Å². The second-order valence-corrected chi connectivity index (χ2v) is 8.39.